The van der Waals surface area contributed by atoms with Gasteiger partial charge in [-0.1, -0.05) is 0 Å². The number of hydroxylamine groups is 1. The first-order valence-corrected chi connectivity index (χ1v) is 8.40. The highest BCUT2D eigenvalue weighted by Crippen LogP contribution is 2.28. The van der Waals surface area contributed by atoms with Crippen LogP contribution < -0.4 is 10.8 Å². The Morgan fingerprint density at radius 2 is 2.14 bits per heavy atom. The normalized spacial score (nSPS) is 10.5. The molecule has 9 heteroatoms. The Labute approximate surface area is 135 Å². The molecule has 0 aliphatic rings. The van der Waals surface area contributed by atoms with E-state index in [4.69, 9.17) is 5.21 Å². The molecule has 0 radical (unpaired) electrons. The number of carbonyl (C=O) groups excluding carboxylic acids is 2. The van der Waals surface area contributed by atoms with Gasteiger partial charge in [-0.15, -0.1) is 22.7 Å². The van der Waals surface area contributed by atoms with Gasteiger partial charge in [0.05, 0.1) is 0 Å². The fraction of sp³-hybridized carbons (Fsp3) is 0.385. The summed E-state index contributed by atoms with van der Waals surface area (Å²) in [5.74, 6) is -0.641. The van der Waals surface area contributed by atoms with Crippen LogP contribution in [0.2, 0.25) is 0 Å². The molecule has 0 unspecified atom stereocenters. The molecule has 2 amide bonds. The van der Waals surface area contributed by atoms with Crippen molar-refractivity contribution >= 4 is 34.5 Å². The predicted molar refractivity (Wildman–Crippen MR) is 84.1 cm³/mol. The molecule has 7 nitrogen and oxygen atoms in total. The zero-order chi connectivity index (χ0) is 15.9. The standard InChI is InChI=1S/C13H16N4O3S2/c1-8-10(16-13(22-8)12-15-6-7-21-12)11(19)14-5-3-2-4-9(18)17-20/h6-7,20H,2-5H2,1H3,(H,14,19)(H,17,18). The molecule has 0 saturated heterocycles. The van der Waals surface area contributed by atoms with E-state index in [1.54, 1.807) is 11.7 Å². The van der Waals surface area contributed by atoms with Crippen molar-refractivity contribution < 1.29 is 14.8 Å². The first-order valence-electron chi connectivity index (χ1n) is 6.70. The second kappa shape index (κ2) is 7.97. The highest BCUT2D eigenvalue weighted by Gasteiger charge is 2.17. The van der Waals surface area contributed by atoms with Crippen LogP contribution in [0, 0.1) is 6.92 Å². The van der Waals surface area contributed by atoms with Gasteiger partial charge in [0.25, 0.3) is 5.91 Å². The summed E-state index contributed by atoms with van der Waals surface area (Å²) < 4.78 is 0. The number of nitrogens with one attached hydrogen (secondary N) is 2. The largest absolute Gasteiger partial charge is 0.351 e. The number of amides is 2. The SMILES string of the molecule is Cc1sc(-c2nccs2)nc1C(=O)NCCCCC(=O)NO. The minimum absolute atomic E-state index is 0.219. The number of unbranched alkanes of at least 4 members (excludes halogenated alkanes) is 1. The van der Waals surface area contributed by atoms with Crippen molar-refractivity contribution in [2.24, 2.45) is 0 Å². The van der Waals surface area contributed by atoms with Crippen LogP contribution in [0.3, 0.4) is 0 Å². The monoisotopic (exact) mass is 340 g/mol. The van der Waals surface area contributed by atoms with Crippen LogP contribution in [0.4, 0.5) is 0 Å². The van der Waals surface area contributed by atoms with Gasteiger partial charge in [-0.2, -0.15) is 0 Å². The zero-order valence-corrected chi connectivity index (χ0v) is 13.6. The number of rotatable bonds is 7. The maximum absolute atomic E-state index is 12.1. The summed E-state index contributed by atoms with van der Waals surface area (Å²) >= 11 is 2.93. The lowest BCUT2D eigenvalue weighted by atomic mass is 10.2. The van der Waals surface area contributed by atoms with E-state index in [0.717, 1.165) is 14.9 Å². The lowest BCUT2D eigenvalue weighted by Gasteiger charge is -2.03. The first-order chi connectivity index (χ1) is 10.6. The summed E-state index contributed by atoms with van der Waals surface area (Å²) in [6.07, 6.45) is 3.18. The van der Waals surface area contributed by atoms with E-state index in [-0.39, 0.29) is 12.3 Å². The second-order valence-electron chi connectivity index (χ2n) is 4.51. The van der Waals surface area contributed by atoms with Crippen molar-refractivity contribution in [3.63, 3.8) is 0 Å². The van der Waals surface area contributed by atoms with E-state index in [9.17, 15) is 9.59 Å². The van der Waals surface area contributed by atoms with E-state index in [1.807, 2.05) is 12.3 Å². The van der Waals surface area contributed by atoms with Crippen LogP contribution in [0.5, 0.6) is 0 Å². The molecule has 118 valence electrons. The fourth-order valence-corrected chi connectivity index (χ4v) is 3.37. The lowest BCUT2D eigenvalue weighted by molar-refractivity contribution is -0.129. The van der Waals surface area contributed by atoms with Crippen LogP contribution in [-0.4, -0.2) is 33.5 Å². The Morgan fingerprint density at radius 3 is 2.82 bits per heavy atom. The van der Waals surface area contributed by atoms with Crippen LogP contribution in [0.15, 0.2) is 11.6 Å². The summed E-state index contributed by atoms with van der Waals surface area (Å²) in [6, 6.07) is 0. The number of aryl methyl sites for hydroxylation is 1. The van der Waals surface area contributed by atoms with Crippen molar-refractivity contribution in [3.8, 4) is 10.0 Å². The van der Waals surface area contributed by atoms with E-state index in [1.165, 1.54) is 22.7 Å². The predicted octanol–water partition coefficient (Wildman–Crippen LogP) is 1.98. The smallest absolute Gasteiger partial charge is 0.271 e. The van der Waals surface area contributed by atoms with Crippen LogP contribution in [-0.2, 0) is 4.79 Å². The Kier molecular flexibility index (Phi) is 5.99. The van der Waals surface area contributed by atoms with E-state index >= 15 is 0 Å². The molecule has 0 bridgehead atoms. The number of hydrogen-bond donors (Lipinski definition) is 3. The van der Waals surface area contributed by atoms with Gasteiger partial charge in [0.15, 0.2) is 10.0 Å². The highest BCUT2D eigenvalue weighted by atomic mass is 32.1. The molecular weight excluding hydrogens is 324 g/mol. The van der Waals surface area contributed by atoms with Crippen molar-refractivity contribution in [1.82, 2.24) is 20.8 Å². The van der Waals surface area contributed by atoms with Gasteiger partial charge in [-0.3, -0.25) is 14.8 Å². The van der Waals surface area contributed by atoms with Crippen LogP contribution >= 0.6 is 22.7 Å². The molecule has 2 aromatic heterocycles. The number of nitrogens with zero attached hydrogens (tertiary/aromatic N) is 2. The number of carbonyl (C=O) groups is 2. The molecule has 0 aliphatic heterocycles. The fourth-order valence-electron chi connectivity index (χ4n) is 1.78. The third kappa shape index (κ3) is 4.33. The van der Waals surface area contributed by atoms with Crippen LogP contribution in [0.1, 0.15) is 34.6 Å². The van der Waals surface area contributed by atoms with Crippen molar-refractivity contribution in [2.75, 3.05) is 6.54 Å². The topological polar surface area (TPSA) is 104 Å². The number of thiazole rings is 2. The Bertz CT molecular complexity index is 640. The molecule has 0 spiro atoms. The number of hydrogen-bond acceptors (Lipinski definition) is 7. The summed E-state index contributed by atoms with van der Waals surface area (Å²) in [6.45, 7) is 2.32. The van der Waals surface area contributed by atoms with Gasteiger partial charge in [0, 0.05) is 29.4 Å². The Balaban J connectivity index is 1.84. The summed E-state index contributed by atoms with van der Waals surface area (Å²) in [5.41, 5.74) is 1.99. The van der Waals surface area contributed by atoms with Crippen molar-refractivity contribution in [3.05, 3.63) is 22.1 Å². The molecule has 2 aromatic rings. The first kappa shape index (κ1) is 16.5. The minimum atomic E-state index is -0.422. The van der Waals surface area contributed by atoms with Gasteiger partial charge in [0.2, 0.25) is 5.91 Å². The summed E-state index contributed by atoms with van der Waals surface area (Å²) in [4.78, 5) is 32.3. The molecular formula is C13H16N4O3S2. The third-order valence-corrected chi connectivity index (χ3v) is 4.75. The van der Waals surface area contributed by atoms with Crippen molar-refractivity contribution in [2.45, 2.75) is 26.2 Å². The maximum Gasteiger partial charge on any atom is 0.271 e. The van der Waals surface area contributed by atoms with Gasteiger partial charge in [-0.05, 0) is 19.8 Å². The highest BCUT2D eigenvalue weighted by molar-refractivity contribution is 7.20. The van der Waals surface area contributed by atoms with Crippen LogP contribution in [0.25, 0.3) is 10.0 Å². The summed E-state index contributed by atoms with van der Waals surface area (Å²) in [5, 5.41) is 14.6. The lowest BCUT2D eigenvalue weighted by Crippen LogP contribution is -2.26. The van der Waals surface area contributed by atoms with Gasteiger partial charge >= 0.3 is 0 Å². The van der Waals surface area contributed by atoms with E-state index in [2.05, 4.69) is 15.3 Å². The average molecular weight is 340 g/mol. The Morgan fingerprint density at radius 1 is 1.32 bits per heavy atom. The van der Waals surface area contributed by atoms with Gasteiger partial charge in [-0.25, -0.2) is 15.4 Å². The second-order valence-corrected chi connectivity index (χ2v) is 6.61. The van der Waals surface area contributed by atoms with E-state index in [0.29, 0.717) is 25.1 Å². The molecule has 22 heavy (non-hydrogen) atoms. The molecule has 0 atom stereocenters. The average Bonchev–Trinajstić information content (AvgIpc) is 3.15. The molecule has 0 aromatic carbocycles. The van der Waals surface area contributed by atoms with E-state index < -0.39 is 5.91 Å². The maximum atomic E-state index is 12.1. The molecule has 0 aliphatic carbocycles. The zero-order valence-electron chi connectivity index (χ0n) is 12.0. The third-order valence-electron chi connectivity index (χ3n) is 2.87. The summed E-state index contributed by atoms with van der Waals surface area (Å²) in [7, 11) is 0. The molecule has 0 saturated carbocycles. The molecule has 2 heterocycles. The van der Waals surface area contributed by atoms with Gasteiger partial charge < -0.3 is 5.32 Å². The van der Waals surface area contributed by atoms with Crippen molar-refractivity contribution in [1.29, 1.82) is 0 Å². The van der Waals surface area contributed by atoms with Gasteiger partial charge in [0.1, 0.15) is 5.69 Å². The Hall–Kier alpha value is -1.84. The quantitative estimate of drug-likeness (QED) is 0.406. The molecule has 2 rings (SSSR count). The molecule has 0 fully saturated rings. The molecule has 3 N–H and O–H groups in total. The minimum Gasteiger partial charge on any atom is -0.351 e. The number of aromatic nitrogens is 2.